The molecule has 0 aliphatic rings. The number of hydrogen-bond acceptors (Lipinski definition) is 5. The molecule has 0 saturated heterocycles. The number of aromatic amines is 1. The maximum absolute atomic E-state index is 12.7. The highest BCUT2D eigenvalue weighted by atomic mass is 79.9. The molecule has 9 heteroatoms. The van der Waals surface area contributed by atoms with Crippen molar-refractivity contribution in [2.45, 2.75) is 19.0 Å². The SMILES string of the molecule is COC(=O)C(Cc1c[nH]c2ccccc12)NC(=O)Cn1c(=O)oc2ccc(Br)cc21. The van der Waals surface area contributed by atoms with Gasteiger partial charge in [0, 0.05) is 28.0 Å². The number of aromatic nitrogens is 2. The number of H-pyrrole nitrogens is 1. The summed E-state index contributed by atoms with van der Waals surface area (Å²) in [6.07, 6.45) is 2.05. The van der Waals surface area contributed by atoms with Crippen LogP contribution in [0.1, 0.15) is 5.56 Å². The molecule has 1 atom stereocenters. The molecule has 1 unspecified atom stereocenters. The largest absolute Gasteiger partial charge is 0.467 e. The number of esters is 1. The Morgan fingerprint density at radius 2 is 2.07 bits per heavy atom. The minimum Gasteiger partial charge on any atom is -0.467 e. The third kappa shape index (κ3) is 3.88. The van der Waals surface area contributed by atoms with E-state index in [4.69, 9.17) is 9.15 Å². The Kier molecular flexibility index (Phi) is 5.45. The lowest BCUT2D eigenvalue weighted by Crippen LogP contribution is -2.44. The van der Waals surface area contributed by atoms with Gasteiger partial charge in [-0.05, 0) is 29.8 Å². The molecule has 30 heavy (non-hydrogen) atoms. The molecule has 2 N–H and O–H groups in total. The van der Waals surface area contributed by atoms with Crippen LogP contribution in [0, 0.1) is 0 Å². The standard InChI is InChI=1S/C21H18BrN3O5/c1-29-20(27)16(8-12-10-23-15-5-3-2-4-14(12)15)24-19(26)11-25-17-9-13(22)6-7-18(17)30-21(25)28/h2-7,9-10,16,23H,8,11H2,1H3,(H,24,26). The molecule has 0 fully saturated rings. The summed E-state index contributed by atoms with van der Waals surface area (Å²) in [4.78, 5) is 40.3. The van der Waals surface area contributed by atoms with E-state index in [-0.39, 0.29) is 13.0 Å². The summed E-state index contributed by atoms with van der Waals surface area (Å²) in [5.74, 6) is -1.72. The van der Waals surface area contributed by atoms with Crippen molar-refractivity contribution in [2.24, 2.45) is 0 Å². The number of methoxy groups -OCH3 is 1. The van der Waals surface area contributed by atoms with Gasteiger partial charge in [-0.2, -0.15) is 0 Å². The van der Waals surface area contributed by atoms with Crippen LogP contribution in [0.3, 0.4) is 0 Å². The molecule has 1 amide bonds. The van der Waals surface area contributed by atoms with Crippen molar-refractivity contribution in [1.29, 1.82) is 0 Å². The first kappa shape index (κ1) is 20.0. The number of amides is 1. The van der Waals surface area contributed by atoms with Crippen molar-refractivity contribution in [2.75, 3.05) is 7.11 Å². The van der Waals surface area contributed by atoms with Gasteiger partial charge >= 0.3 is 11.7 Å². The first-order chi connectivity index (χ1) is 14.5. The van der Waals surface area contributed by atoms with E-state index in [2.05, 4.69) is 26.2 Å². The normalized spacial score (nSPS) is 12.2. The summed E-state index contributed by atoms with van der Waals surface area (Å²) in [7, 11) is 1.27. The second-order valence-electron chi connectivity index (χ2n) is 6.77. The van der Waals surface area contributed by atoms with Crippen LogP contribution in [0.4, 0.5) is 0 Å². The summed E-state index contributed by atoms with van der Waals surface area (Å²) in [6.45, 7) is -0.288. The molecule has 0 radical (unpaired) electrons. The predicted molar refractivity (Wildman–Crippen MR) is 114 cm³/mol. The fourth-order valence-corrected chi connectivity index (χ4v) is 3.77. The van der Waals surface area contributed by atoms with Gasteiger partial charge < -0.3 is 19.5 Å². The van der Waals surface area contributed by atoms with E-state index in [1.165, 1.54) is 11.7 Å². The molecular formula is C21H18BrN3O5. The van der Waals surface area contributed by atoms with Crippen LogP contribution in [-0.2, 0) is 27.3 Å². The number of carbonyl (C=O) groups is 2. The third-order valence-electron chi connectivity index (χ3n) is 4.85. The van der Waals surface area contributed by atoms with E-state index in [0.717, 1.165) is 20.9 Å². The molecule has 2 aromatic heterocycles. The van der Waals surface area contributed by atoms with Gasteiger partial charge in [0.1, 0.15) is 12.6 Å². The molecule has 0 spiro atoms. The van der Waals surface area contributed by atoms with Crippen molar-refractivity contribution >= 4 is 49.8 Å². The number of halogens is 1. The summed E-state index contributed by atoms with van der Waals surface area (Å²) in [5, 5.41) is 3.64. The van der Waals surface area contributed by atoms with Crippen molar-refractivity contribution in [3.63, 3.8) is 0 Å². The van der Waals surface area contributed by atoms with Crippen molar-refractivity contribution < 1.29 is 18.7 Å². The van der Waals surface area contributed by atoms with Crippen LogP contribution in [0.15, 0.2) is 62.3 Å². The monoisotopic (exact) mass is 471 g/mol. The van der Waals surface area contributed by atoms with Gasteiger partial charge in [-0.15, -0.1) is 0 Å². The van der Waals surface area contributed by atoms with E-state index in [9.17, 15) is 14.4 Å². The highest BCUT2D eigenvalue weighted by molar-refractivity contribution is 9.10. The van der Waals surface area contributed by atoms with Gasteiger partial charge in [0.15, 0.2) is 5.58 Å². The lowest BCUT2D eigenvalue weighted by Gasteiger charge is -2.16. The van der Waals surface area contributed by atoms with Crippen LogP contribution >= 0.6 is 15.9 Å². The quantitative estimate of drug-likeness (QED) is 0.420. The van der Waals surface area contributed by atoms with Crippen LogP contribution < -0.4 is 11.1 Å². The van der Waals surface area contributed by atoms with Crippen LogP contribution in [0.2, 0.25) is 0 Å². The number of benzene rings is 2. The number of fused-ring (bicyclic) bond motifs is 2. The van der Waals surface area contributed by atoms with Gasteiger partial charge in [-0.1, -0.05) is 34.1 Å². The number of ether oxygens (including phenoxy) is 1. The number of oxazole rings is 1. The molecule has 154 valence electrons. The van der Waals surface area contributed by atoms with Gasteiger partial charge in [-0.3, -0.25) is 9.36 Å². The zero-order chi connectivity index (χ0) is 21.3. The van der Waals surface area contributed by atoms with Gasteiger partial charge in [0.2, 0.25) is 5.91 Å². The van der Waals surface area contributed by atoms with Crippen LogP contribution in [-0.4, -0.2) is 34.6 Å². The Morgan fingerprint density at radius 1 is 1.27 bits per heavy atom. The molecule has 0 bridgehead atoms. The number of nitrogens with zero attached hydrogens (tertiary/aromatic N) is 1. The first-order valence-electron chi connectivity index (χ1n) is 9.17. The first-order valence-corrected chi connectivity index (χ1v) is 9.96. The molecule has 4 aromatic rings. The summed E-state index contributed by atoms with van der Waals surface area (Å²) in [6, 6.07) is 11.9. The van der Waals surface area contributed by atoms with Gasteiger partial charge in [0.05, 0.1) is 12.6 Å². The second kappa shape index (κ2) is 8.19. The number of rotatable bonds is 6. The minimum absolute atomic E-state index is 0.245. The molecule has 0 aliphatic heterocycles. The summed E-state index contributed by atoms with van der Waals surface area (Å²) in [5.41, 5.74) is 2.66. The van der Waals surface area contributed by atoms with E-state index in [1.807, 2.05) is 24.3 Å². The zero-order valence-corrected chi connectivity index (χ0v) is 17.6. The molecule has 2 heterocycles. The average molecular weight is 472 g/mol. The lowest BCUT2D eigenvalue weighted by atomic mass is 10.0. The number of carbonyl (C=O) groups excluding carboxylic acids is 2. The Hall–Kier alpha value is -3.33. The lowest BCUT2D eigenvalue weighted by molar-refractivity contribution is -0.145. The molecule has 0 aliphatic carbocycles. The molecule has 2 aromatic carbocycles. The van der Waals surface area contributed by atoms with E-state index in [0.29, 0.717) is 11.1 Å². The van der Waals surface area contributed by atoms with Crippen LogP contribution in [0.25, 0.3) is 22.0 Å². The molecular weight excluding hydrogens is 454 g/mol. The van der Waals surface area contributed by atoms with Crippen molar-refractivity contribution in [3.8, 4) is 0 Å². The highest BCUT2D eigenvalue weighted by Gasteiger charge is 2.24. The minimum atomic E-state index is -0.901. The molecule has 8 nitrogen and oxygen atoms in total. The highest BCUT2D eigenvalue weighted by Crippen LogP contribution is 2.20. The maximum atomic E-state index is 12.7. The predicted octanol–water partition coefficient (Wildman–Crippen LogP) is 2.74. The average Bonchev–Trinajstić information content (AvgIpc) is 3.28. The second-order valence-corrected chi connectivity index (χ2v) is 7.69. The van der Waals surface area contributed by atoms with E-state index in [1.54, 1.807) is 24.4 Å². The van der Waals surface area contributed by atoms with Gasteiger partial charge in [0.25, 0.3) is 0 Å². The Morgan fingerprint density at radius 3 is 2.87 bits per heavy atom. The number of nitrogens with one attached hydrogen (secondary N) is 2. The number of hydrogen-bond donors (Lipinski definition) is 2. The van der Waals surface area contributed by atoms with E-state index >= 15 is 0 Å². The molecule has 4 rings (SSSR count). The fraction of sp³-hybridized carbons (Fsp3) is 0.190. The summed E-state index contributed by atoms with van der Waals surface area (Å²) >= 11 is 3.34. The smallest absolute Gasteiger partial charge is 0.420 e. The van der Waals surface area contributed by atoms with E-state index < -0.39 is 23.7 Å². The summed E-state index contributed by atoms with van der Waals surface area (Å²) < 4.78 is 12.0. The Labute approximate surface area is 178 Å². The van der Waals surface area contributed by atoms with Crippen molar-refractivity contribution in [3.05, 3.63) is 69.2 Å². The fourth-order valence-electron chi connectivity index (χ4n) is 3.42. The van der Waals surface area contributed by atoms with Gasteiger partial charge in [-0.25, -0.2) is 9.59 Å². The maximum Gasteiger partial charge on any atom is 0.420 e. The van der Waals surface area contributed by atoms with Crippen molar-refractivity contribution in [1.82, 2.24) is 14.9 Å². The Bertz CT molecular complexity index is 1300. The Balaban J connectivity index is 1.56. The zero-order valence-electron chi connectivity index (χ0n) is 16.0. The third-order valence-corrected chi connectivity index (χ3v) is 5.34. The number of para-hydroxylation sites is 1. The topological polar surface area (TPSA) is 106 Å². The van der Waals surface area contributed by atoms with Crippen LogP contribution in [0.5, 0.6) is 0 Å². The molecule has 0 saturated carbocycles.